The molecular weight excluding hydrogens is 292 g/mol. The van der Waals surface area contributed by atoms with Gasteiger partial charge < -0.3 is 4.90 Å². The number of hydrogen-bond acceptors (Lipinski definition) is 3. The van der Waals surface area contributed by atoms with Crippen molar-refractivity contribution in [1.29, 1.82) is 0 Å². The Morgan fingerprint density at radius 3 is 3.00 bits per heavy atom. The molecule has 1 aromatic carbocycles. The first-order chi connectivity index (χ1) is 9.75. The topological polar surface area (TPSA) is 33.2 Å². The molecular formula is C15H15ClN2OS. The van der Waals surface area contributed by atoms with Gasteiger partial charge in [0.1, 0.15) is 10.8 Å². The van der Waals surface area contributed by atoms with Crippen molar-refractivity contribution in [2.75, 3.05) is 24.6 Å². The molecule has 2 heterocycles. The minimum absolute atomic E-state index is 0.0137. The van der Waals surface area contributed by atoms with Crippen LogP contribution in [0.3, 0.4) is 0 Å². The number of hydrogen-bond donors (Lipinski definition) is 0. The van der Waals surface area contributed by atoms with Crippen LogP contribution in [0.2, 0.25) is 5.15 Å². The molecule has 1 aliphatic rings. The fraction of sp³-hybridized carbons (Fsp3) is 0.333. The van der Waals surface area contributed by atoms with Crippen molar-refractivity contribution in [1.82, 2.24) is 9.88 Å². The SMILES string of the molecule is O=C(c1cc2ccccc2c(Cl)n1)N1CCCSCC1. The van der Waals surface area contributed by atoms with Crippen LogP contribution in [0.25, 0.3) is 10.8 Å². The third kappa shape index (κ3) is 2.76. The molecule has 20 heavy (non-hydrogen) atoms. The van der Waals surface area contributed by atoms with Crippen molar-refractivity contribution in [3.63, 3.8) is 0 Å². The molecule has 0 unspecified atom stereocenters. The third-order valence-corrected chi connectivity index (χ3v) is 4.76. The number of fused-ring (bicyclic) bond motifs is 1. The van der Waals surface area contributed by atoms with Gasteiger partial charge in [0, 0.05) is 24.2 Å². The van der Waals surface area contributed by atoms with E-state index in [4.69, 9.17) is 11.6 Å². The van der Waals surface area contributed by atoms with Gasteiger partial charge in [0.2, 0.25) is 0 Å². The molecule has 0 atom stereocenters. The average Bonchev–Trinajstić information content (AvgIpc) is 2.75. The second-order valence-electron chi connectivity index (χ2n) is 4.78. The number of benzene rings is 1. The Labute approximate surface area is 127 Å². The molecule has 0 bridgehead atoms. The van der Waals surface area contributed by atoms with E-state index in [1.54, 1.807) is 0 Å². The Hall–Kier alpha value is -1.26. The van der Waals surface area contributed by atoms with Crippen molar-refractivity contribution >= 4 is 40.0 Å². The van der Waals surface area contributed by atoms with Gasteiger partial charge in [-0.05, 0) is 23.6 Å². The van der Waals surface area contributed by atoms with Crippen molar-refractivity contribution in [3.05, 3.63) is 41.2 Å². The largest absolute Gasteiger partial charge is 0.336 e. The van der Waals surface area contributed by atoms with Crippen molar-refractivity contribution in [2.24, 2.45) is 0 Å². The van der Waals surface area contributed by atoms with E-state index in [9.17, 15) is 4.79 Å². The quantitative estimate of drug-likeness (QED) is 0.756. The highest BCUT2D eigenvalue weighted by Crippen LogP contribution is 2.23. The molecule has 5 heteroatoms. The van der Waals surface area contributed by atoms with Crippen molar-refractivity contribution in [2.45, 2.75) is 6.42 Å². The molecule has 3 rings (SSSR count). The number of rotatable bonds is 1. The molecule has 1 aromatic heterocycles. The van der Waals surface area contributed by atoms with Gasteiger partial charge in [-0.3, -0.25) is 4.79 Å². The normalized spacial score (nSPS) is 16.1. The lowest BCUT2D eigenvalue weighted by Crippen LogP contribution is -2.33. The molecule has 104 valence electrons. The number of thioether (sulfide) groups is 1. The zero-order valence-corrected chi connectivity index (χ0v) is 12.6. The van der Waals surface area contributed by atoms with Gasteiger partial charge in [-0.25, -0.2) is 4.98 Å². The summed E-state index contributed by atoms with van der Waals surface area (Å²) in [5.74, 6) is 2.10. The minimum atomic E-state index is -0.0137. The second-order valence-corrected chi connectivity index (χ2v) is 6.36. The van der Waals surface area contributed by atoms with Crippen LogP contribution in [-0.4, -0.2) is 40.4 Å². The van der Waals surface area contributed by atoms with E-state index < -0.39 is 0 Å². The predicted octanol–water partition coefficient (Wildman–Crippen LogP) is 3.47. The van der Waals surface area contributed by atoms with E-state index in [0.29, 0.717) is 10.8 Å². The van der Waals surface area contributed by atoms with Crippen LogP contribution in [-0.2, 0) is 0 Å². The highest BCUT2D eigenvalue weighted by Gasteiger charge is 2.19. The summed E-state index contributed by atoms with van der Waals surface area (Å²) in [4.78, 5) is 18.7. The first-order valence-corrected chi connectivity index (χ1v) is 8.21. The Kier molecular flexibility index (Phi) is 4.13. The monoisotopic (exact) mass is 306 g/mol. The zero-order chi connectivity index (χ0) is 13.9. The molecule has 0 radical (unpaired) electrons. The minimum Gasteiger partial charge on any atom is -0.336 e. The number of pyridine rings is 1. The smallest absolute Gasteiger partial charge is 0.272 e. The number of aromatic nitrogens is 1. The van der Waals surface area contributed by atoms with Gasteiger partial charge in [-0.15, -0.1) is 0 Å². The maximum Gasteiger partial charge on any atom is 0.272 e. The highest BCUT2D eigenvalue weighted by molar-refractivity contribution is 7.99. The number of carbonyl (C=O) groups is 1. The summed E-state index contributed by atoms with van der Waals surface area (Å²) < 4.78 is 0. The molecule has 1 fully saturated rings. The Morgan fingerprint density at radius 2 is 2.10 bits per heavy atom. The molecule has 0 spiro atoms. The first-order valence-electron chi connectivity index (χ1n) is 6.68. The molecule has 1 saturated heterocycles. The van der Waals surface area contributed by atoms with Gasteiger partial charge in [-0.1, -0.05) is 35.9 Å². The summed E-state index contributed by atoms with van der Waals surface area (Å²) in [5, 5.41) is 2.24. The number of amides is 1. The van der Waals surface area contributed by atoms with Crippen LogP contribution in [0.1, 0.15) is 16.9 Å². The number of carbonyl (C=O) groups excluding carboxylic acids is 1. The van der Waals surface area contributed by atoms with Crippen LogP contribution < -0.4 is 0 Å². The molecule has 0 aliphatic carbocycles. The van der Waals surface area contributed by atoms with Gasteiger partial charge in [0.15, 0.2) is 0 Å². The maximum absolute atomic E-state index is 12.5. The predicted molar refractivity (Wildman–Crippen MR) is 84.6 cm³/mol. The van der Waals surface area contributed by atoms with Crippen molar-refractivity contribution in [3.8, 4) is 0 Å². The Bertz CT molecular complexity index is 639. The third-order valence-electron chi connectivity index (χ3n) is 3.42. The van der Waals surface area contributed by atoms with Gasteiger partial charge in [0.05, 0.1) is 0 Å². The van der Waals surface area contributed by atoms with Crippen LogP contribution in [0, 0.1) is 0 Å². The Morgan fingerprint density at radius 1 is 1.25 bits per heavy atom. The number of nitrogens with zero attached hydrogens (tertiary/aromatic N) is 2. The fourth-order valence-electron chi connectivity index (χ4n) is 2.38. The van der Waals surface area contributed by atoms with E-state index in [2.05, 4.69) is 4.98 Å². The van der Waals surface area contributed by atoms with E-state index in [1.807, 2.05) is 47.0 Å². The van der Waals surface area contributed by atoms with E-state index in [-0.39, 0.29) is 5.91 Å². The van der Waals surface area contributed by atoms with E-state index in [1.165, 1.54) is 0 Å². The summed E-state index contributed by atoms with van der Waals surface area (Å²) in [6, 6.07) is 9.57. The fourth-order valence-corrected chi connectivity index (χ4v) is 3.53. The van der Waals surface area contributed by atoms with Crippen molar-refractivity contribution < 1.29 is 4.79 Å². The van der Waals surface area contributed by atoms with Crippen LogP contribution in [0.15, 0.2) is 30.3 Å². The molecule has 0 N–H and O–H groups in total. The van der Waals surface area contributed by atoms with Gasteiger partial charge in [0.25, 0.3) is 5.91 Å². The molecule has 3 nitrogen and oxygen atoms in total. The van der Waals surface area contributed by atoms with Crippen LogP contribution in [0.5, 0.6) is 0 Å². The molecule has 2 aromatic rings. The number of halogens is 1. The lowest BCUT2D eigenvalue weighted by molar-refractivity contribution is 0.0763. The Balaban J connectivity index is 1.94. The summed E-state index contributed by atoms with van der Waals surface area (Å²) >= 11 is 8.09. The summed E-state index contributed by atoms with van der Waals surface area (Å²) in [5.41, 5.74) is 0.445. The highest BCUT2D eigenvalue weighted by atomic mass is 35.5. The lowest BCUT2D eigenvalue weighted by atomic mass is 10.1. The maximum atomic E-state index is 12.5. The summed E-state index contributed by atoms with van der Waals surface area (Å²) in [7, 11) is 0. The van der Waals surface area contributed by atoms with Crippen LogP contribution in [0.4, 0.5) is 0 Å². The van der Waals surface area contributed by atoms with Gasteiger partial charge in [-0.2, -0.15) is 11.8 Å². The molecule has 1 aliphatic heterocycles. The molecule has 1 amide bonds. The van der Waals surface area contributed by atoms with Gasteiger partial charge >= 0.3 is 0 Å². The standard InChI is InChI=1S/C15H15ClN2OS/c16-14-12-5-2-1-4-11(12)10-13(17-14)15(19)18-6-3-8-20-9-7-18/h1-2,4-5,10H,3,6-9H2. The zero-order valence-electron chi connectivity index (χ0n) is 11.0. The summed E-state index contributed by atoms with van der Waals surface area (Å²) in [6.07, 6.45) is 1.04. The van der Waals surface area contributed by atoms with E-state index >= 15 is 0 Å². The average molecular weight is 307 g/mol. The molecule has 0 saturated carbocycles. The summed E-state index contributed by atoms with van der Waals surface area (Å²) in [6.45, 7) is 1.59. The van der Waals surface area contributed by atoms with E-state index in [0.717, 1.165) is 41.8 Å². The lowest BCUT2D eigenvalue weighted by Gasteiger charge is -2.19. The first kappa shape index (κ1) is 13.7. The van der Waals surface area contributed by atoms with Crippen LogP contribution >= 0.6 is 23.4 Å². The second kappa shape index (κ2) is 6.02.